The van der Waals surface area contributed by atoms with Gasteiger partial charge in [0.1, 0.15) is 5.75 Å². The number of hydrogen-bond acceptors (Lipinski definition) is 4. The van der Waals surface area contributed by atoms with Gasteiger partial charge in [0.25, 0.3) is 0 Å². The number of fused-ring (bicyclic) bond motifs is 1. The number of piperidine rings is 1. The zero-order chi connectivity index (χ0) is 18.4. The summed E-state index contributed by atoms with van der Waals surface area (Å²) in [6, 6.07) is 8.55. The van der Waals surface area contributed by atoms with Gasteiger partial charge in [0.05, 0.1) is 13.7 Å². The lowest BCUT2D eigenvalue weighted by Gasteiger charge is -2.32. The fraction of sp³-hybridized carbons (Fsp3) is 0.579. The van der Waals surface area contributed by atoms with E-state index in [1.54, 1.807) is 11.9 Å². The van der Waals surface area contributed by atoms with E-state index in [0.29, 0.717) is 25.0 Å². The van der Waals surface area contributed by atoms with Gasteiger partial charge < -0.3 is 25.0 Å². The summed E-state index contributed by atoms with van der Waals surface area (Å²) in [6.45, 7) is 2.98. The third kappa shape index (κ3) is 4.39. The van der Waals surface area contributed by atoms with Crippen LogP contribution < -0.4 is 15.4 Å². The van der Waals surface area contributed by atoms with Gasteiger partial charge >= 0.3 is 6.09 Å². The minimum absolute atomic E-state index is 0.246. The van der Waals surface area contributed by atoms with Crippen LogP contribution in [0.25, 0.3) is 0 Å². The van der Waals surface area contributed by atoms with E-state index in [0.717, 1.165) is 44.1 Å². The number of ether oxygens (including phenoxy) is 2. The molecule has 142 valence electrons. The van der Waals surface area contributed by atoms with Crippen LogP contribution in [0.15, 0.2) is 29.3 Å². The van der Waals surface area contributed by atoms with Crippen molar-refractivity contribution in [2.75, 3.05) is 40.4 Å². The lowest BCUT2D eigenvalue weighted by Crippen LogP contribution is -2.50. The highest BCUT2D eigenvalue weighted by Gasteiger charge is 2.25. The number of hydrogen-bond donors (Lipinski definition) is 2. The monoisotopic (exact) mass is 360 g/mol. The Bertz CT molecular complexity index is 641. The van der Waals surface area contributed by atoms with Crippen molar-refractivity contribution < 1.29 is 14.3 Å². The normalized spacial score (nSPS) is 20.8. The molecule has 1 aromatic carbocycles. The molecule has 0 aromatic heterocycles. The molecular weight excluding hydrogens is 332 g/mol. The highest BCUT2D eigenvalue weighted by atomic mass is 16.5. The van der Waals surface area contributed by atoms with Crippen molar-refractivity contribution in [1.82, 2.24) is 15.5 Å². The lowest BCUT2D eigenvalue weighted by atomic mass is 9.93. The largest absolute Gasteiger partial charge is 0.493 e. The molecule has 2 N–H and O–H groups in total. The predicted molar refractivity (Wildman–Crippen MR) is 101 cm³/mol. The van der Waals surface area contributed by atoms with Gasteiger partial charge in [-0.15, -0.1) is 0 Å². The number of nitrogens with one attached hydrogen (secondary N) is 2. The molecule has 7 heteroatoms. The van der Waals surface area contributed by atoms with Crippen LogP contribution in [0.1, 0.15) is 30.7 Å². The summed E-state index contributed by atoms with van der Waals surface area (Å²) >= 11 is 0. The molecule has 0 spiro atoms. The summed E-state index contributed by atoms with van der Waals surface area (Å²) in [7, 11) is 3.21. The van der Waals surface area contributed by atoms with Crippen LogP contribution in [0.5, 0.6) is 5.75 Å². The lowest BCUT2D eigenvalue weighted by molar-refractivity contribution is 0.111. The molecule has 0 aliphatic carbocycles. The fourth-order valence-electron chi connectivity index (χ4n) is 3.57. The quantitative estimate of drug-likeness (QED) is 0.637. The molecule has 26 heavy (non-hydrogen) atoms. The second-order valence-electron chi connectivity index (χ2n) is 6.70. The van der Waals surface area contributed by atoms with E-state index in [9.17, 15) is 4.79 Å². The zero-order valence-electron chi connectivity index (χ0n) is 15.5. The number of benzene rings is 1. The Morgan fingerprint density at radius 2 is 2.08 bits per heavy atom. The minimum Gasteiger partial charge on any atom is -0.493 e. The van der Waals surface area contributed by atoms with Crippen LogP contribution in [0.2, 0.25) is 0 Å². The van der Waals surface area contributed by atoms with Crippen LogP contribution in [0.4, 0.5) is 4.79 Å². The molecule has 1 unspecified atom stereocenters. The van der Waals surface area contributed by atoms with Crippen LogP contribution in [0, 0.1) is 0 Å². The van der Waals surface area contributed by atoms with E-state index in [2.05, 4.69) is 27.8 Å². The van der Waals surface area contributed by atoms with Crippen molar-refractivity contribution in [1.29, 1.82) is 0 Å². The molecule has 2 heterocycles. The van der Waals surface area contributed by atoms with E-state index in [-0.39, 0.29) is 6.09 Å². The maximum atomic E-state index is 11.6. The Labute approximate surface area is 154 Å². The number of para-hydroxylation sites is 1. The van der Waals surface area contributed by atoms with Gasteiger partial charge in [0.15, 0.2) is 5.96 Å². The second kappa shape index (κ2) is 8.78. The van der Waals surface area contributed by atoms with E-state index in [4.69, 9.17) is 9.47 Å². The van der Waals surface area contributed by atoms with Gasteiger partial charge in [-0.3, -0.25) is 4.99 Å². The topological polar surface area (TPSA) is 75.2 Å². The molecule has 0 bridgehead atoms. The maximum Gasteiger partial charge on any atom is 0.409 e. The molecule has 2 aliphatic rings. The number of rotatable bonds is 3. The number of aliphatic imine (C=N–C) groups is 1. The van der Waals surface area contributed by atoms with E-state index < -0.39 is 0 Å². The summed E-state index contributed by atoms with van der Waals surface area (Å²) in [4.78, 5) is 17.7. The third-order valence-corrected chi connectivity index (χ3v) is 5.09. The van der Waals surface area contributed by atoms with Crippen LogP contribution in [-0.2, 0) is 4.74 Å². The van der Waals surface area contributed by atoms with Crippen LogP contribution in [0.3, 0.4) is 0 Å². The molecule has 7 nitrogen and oxygen atoms in total. The Balaban J connectivity index is 1.48. The molecule has 1 amide bonds. The number of nitrogens with zero attached hydrogens (tertiary/aromatic N) is 2. The van der Waals surface area contributed by atoms with Crippen molar-refractivity contribution in [3.8, 4) is 5.75 Å². The summed E-state index contributed by atoms with van der Waals surface area (Å²) in [5.74, 6) is 2.22. The van der Waals surface area contributed by atoms with Crippen molar-refractivity contribution in [3.05, 3.63) is 29.8 Å². The number of carbonyl (C=O) groups is 1. The first-order valence-corrected chi connectivity index (χ1v) is 9.23. The molecule has 3 rings (SSSR count). The van der Waals surface area contributed by atoms with E-state index >= 15 is 0 Å². The SMILES string of the molecule is CN=C(NCC1CCOc2ccccc21)NC1CCN(C(=O)OC)CC1. The molecule has 1 fully saturated rings. The first-order valence-electron chi connectivity index (χ1n) is 9.23. The van der Waals surface area contributed by atoms with Gasteiger partial charge in [0.2, 0.25) is 0 Å². The molecule has 1 saturated heterocycles. The van der Waals surface area contributed by atoms with Crippen molar-refractivity contribution in [2.45, 2.75) is 31.2 Å². The molecule has 0 saturated carbocycles. The van der Waals surface area contributed by atoms with Crippen LogP contribution in [-0.4, -0.2) is 63.4 Å². The Hall–Kier alpha value is -2.44. The van der Waals surface area contributed by atoms with Gasteiger partial charge in [-0.05, 0) is 30.9 Å². The van der Waals surface area contributed by atoms with Gasteiger partial charge in [-0.25, -0.2) is 4.79 Å². The summed E-state index contributed by atoms with van der Waals surface area (Å²) in [5.41, 5.74) is 1.26. The van der Waals surface area contributed by atoms with Crippen molar-refractivity contribution in [2.24, 2.45) is 4.99 Å². The van der Waals surface area contributed by atoms with E-state index in [1.807, 2.05) is 12.1 Å². The number of likely N-dealkylation sites (tertiary alicyclic amines) is 1. The average molecular weight is 360 g/mol. The fourth-order valence-corrected chi connectivity index (χ4v) is 3.57. The zero-order valence-corrected chi connectivity index (χ0v) is 15.5. The smallest absolute Gasteiger partial charge is 0.409 e. The van der Waals surface area contributed by atoms with E-state index in [1.165, 1.54) is 12.7 Å². The number of carbonyl (C=O) groups excluding carboxylic acids is 1. The average Bonchev–Trinajstić information content (AvgIpc) is 2.71. The Kier molecular flexibility index (Phi) is 6.20. The first-order chi connectivity index (χ1) is 12.7. The standard InChI is InChI=1S/C19H28N4O3/c1-20-18(22-15-7-10-23(11-8-15)19(24)25-2)21-13-14-9-12-26-17-6-4-3-5-16(14)17/h3-6,14-15H,7-13H2,1-2H3,(H2,20,21,22). The second-order valence-corrected chi connectivity index (χ2v) is 6.70. The predicted octanol–water partition coefficient (Wildman–Crippen LogP) is 1.95. The molecular formula is C19H28N4O3. The van der Waals surface area contributed by atoms with Gasteiger partial charge in [-0.1, -0.05) is 18.2 Å². The summed E-state index contributed by atoms with van der Waals surface area (Å²) < 4.78 is 10.5. The third-order valence-electron chi connectivity index (χ3n) is 5.09. The van der Waals surface area contributed by atoms with Crippen molar-refractivity contribution in [3.63, 3.8) is 0 Å². The summed E-state index contributed by atoms with van der Waals surface area (Å²) in [5, 5.41) is 6.93. The Morgan fingerprint density at radius 3 is 2.81 bits per heavy atom. The van der Waals surface area contributed by atoms with Crippen LogP contribution >= 0.6 is 0 Å². The molecule has 0 radical (unpaired) electrons. The first kappa shape index (κ1) is 18.4. The number of guanidine groups is 1. The maximum absolute atomic E-state index is 11.6. The van der Waals surface area contributed by atoms with Crippen molar-refractivity contribution >= 4 is 12.1 Å². The number of amides is 1. The minimum atomic E-state index is -0.246. The van der Waals surface area contributed by atoms with Gasteiger partial charge in [-0.2, -0.15) is 0 Å². The Morgan fingerprint density at radius 1 is 1.31 bits per heavy atom. The molecule has 1 aromatic rings. The summed E-state index contributed by atoms with van der Waals surface area (Å²) in [6.07, 6.45) is 2.52. The molecule has 1 atom stereocenters. The van der Waals surface area contributed by atoms with Gasteiger partial charge in [0, 0.05) is 38.6 Å². The number of methoxy groups -OCH3 is 1. The highest BCUT2D eigenvalue weighted by molar-refractivity contribution is 5.80. The highest BCUT2D eigenvalue weighted by Crippen LogP contribution is 2.32. The molecule has 2 aliphatic heterocycles.